The second-order valence-electron chi connectivity index (χ2n) is 6.96. The van der Waals surface area contributed by atoms with Gasteiger partial charge in [-0.05, 0) is 62.7 Å². The number of sulfonamides is 1. The molecule has 1 aliphatic heterocycles. The number of benzene rings is 1. The molecule has 2 aromatic rings. The maximum Gasteiger partial charge on any atom is 0.250 e. The lowest BCUT2D eigenvalue weighted by molar-refractivity contribution is 0.246. The van der Waals surface area contributed by atoms with Crippen molar-refractivity contribution in [2.24, 2.45) is 0 Å². The van der Waals surface area contributed by atoms with E-state index in [0.29, 0.717) is 10.8 Å². The van der Waals surface area contributed by atoms with E-state index in [4.69, 9.17) is 0 Å². The van der Waals surface area contributed by atoms with Gasteiger partial charge >= 0.3 is 0 Å². The highest BCUT2D eigenvalue weighted by atomic mass is 32.2. The Bertz CT molecular complexity index is 823. The largest absolute Gasteiger partial charge is 0.378 e. The Balaban J connectivity index is 1.78. The molecule has 1 N–H and O–H groups in total. The molecular formula is C19H27N3O2S2. The van der Waals surface area contributed by atoms with Crippen molar-refractivity contribution in [1.29, 1.82) is 0 Å². The minimum absolute atomic E-state index is 0.0598. The molecule has 26 heavy (non-hydrogen) atoms. The van der Waals surface area contributed by atoms with Gasteiger partial charge in [0.1, 0.15) is 4.21 Å². The Labute approximate surface area is 160 Å². The summed E-state index contributed by atoms with van der Waals surface area (Å²) in [7, 11) is 0.576. The molecule has 1 aliphatic rings. The quantitative estimate of drug-likeness (QED) is 0.785. The lowest BCUT2D eigenvalue weighted by atomic mass is 10.1. The highest BCUT2D eigenvalue weighted by Crippen LogP contribution is 2.27. The number of anilines is 1. The lowest BCUT2D eigenvalue weighted by Gasteiger charge is -2.28. The van der Waals surface area contributed by atoms with Crippen LogP contribution in [0.2, 0.25) is 0 Å². The third-order valence-electron chi connectivity index (χ3n) is 4.82. The molecular weight excluding hydrogens is 366 g/mol. The van der Waals surface area contributed by atoms with Crippen LogP contribution in [-0.2, 0) is 10.0 Å². The summed E-state index contributed by atoms with van der Waals surface area (Å²) in [5.74, 6) is 0. The molecule has 142 valence electrons. The van der Waals surface area contributed by atoms with Crippen molar-refractivity contribution in [1.82, 2.24) is 9.62 Å². The van der Waals surface area contributed by atoms with E-state index in [-0.39, 0.29) is 6.04 Å². The van der Waals surface area contributed by atoms with Crippen LogP contribution in [0.4, 0.5) is 5.69 Å². The van der Waals surface area contributed by atoms with E-state index >= 15 is 0 Å². The van der Waals surface area contributed by atoms with Crippen molar-refractivity contribution in [3.63, 3.8) is 0 Å². The number of nitrogens with zero attached hydrogens (tertiary/aromatic N) is 2. The molecule has 1 aromatic heterocycles. The van der Waals surface area contributed by atoms with Crippen LogP contribution in [0.25, 0.3) is 0 Å². The minimum Gasteiger partial charge on any atom is -0.378 e. The van der Waals surface area contributed by atoms with Gasteiger partial charge in [-0.25, -0.2) is 13.1 Å². The van der Waals surface area contributed by atoms with Gasteiger partial charge in [0, 0.05) is 37.2 Å². The van der Waals surface area contributed by atoms with E-state index in [1.165, 1.54) is 24.2 Å². The number of aryl methyl sites for hydroxylation is 1. The van der Waals surface area contributed by atoms with E-state index in [2.05, 4.69) is 38.8 Å². The van der Waals surface area contributed by atoms with Crippen LogP contribution in [-0.4, -0.2) is 47.0 Å². The molecule has 1 aromatic carbocycles. The minimum atomic E-state index is -3.46. The van der Waals surface area contributed by atoms with Gasteiger partial charge in [0.25, 0.3) is 0 Å². The van der Waals surface area contributed by atoms with E-state index in [0.717, 1.165) is 29.2 Å². The van der Waals surface area contributed by atoms with Crippen molar-refractivity contribution < 1.29 is 8.42 Å². The Kier molecular flexibility index (Phi) is 6.02. The van der Waals surface area contributed by atoms with Crippen LogP contribution < -0.4 is 9.62 Å². The molecule has 1 fully saturated rings. The van der Waals surface area contributed by atoms with Crippen LogP contribution in [0, 0.1) is 6.92 Å². The molecule has 1 atom stereocenters. The normalized spacial score (nSPS) is 16.7. The first-order valence-electron chi connectivity index (χ1n) is 8.94. The molecule has 5 nitrogen and oxygen atoms in total. The topological polar surface area (TPSA) is 52.7 Å². The van der Waals surface area contributed by atoms with Gasteiger partial charge in [0.2, 0.25) is 10.0 Å². The van der Waals surface area contributed by atoms with Gasteiger partial charge in [-0.1, -0.05) is 12.1 Å². The fraction of sp³-hybridized carbons (Fsp3) is 0.474. The van der Waals surface area contributed by atoms with Gasteiger partial charge in [0.05, 0.1) is 0 Å². The van der Waals surface area contributed by atoms with Crippen molar-refractivity contribution in [2.75, 3.05) is 38.6 Å². The summed E-state index contributed by atoms with van der Waals surface area (Å²) in [5.41, 5.74) is 2.30. The van der Waals surface area contributed by atoms with E-state index in [1.807, 2.05) is 27.1 Å². The van der Waals surface area contributed by atoms with Crippen LogP contribution in [0.5, 0.6) is 0 Å². The smallest absolute Gasteiger partial charge is 0.250 e. The first kappa shape index (κ1) is 19.4. The van der Waals surface area contributed by atoms with Crippen molar-refractivity contribution in [3.05, 3.63) is 46.8 Å². The number of likely N-dealkylation sites (tertiary alicyclic amines) is 1. The van der Waals surface area contributed by atoms with Gasteiger partial charge in [-0.3, -0.25) is 4.90 Å². The summed E-state index contributed by atoms with van der Waals surface area (Å²) in [6.45, 7) is 4.34. The molecule has 0 bridgehead atoms. The fourth-order valence-corrected chi connectivity index (χ4v) is 5.69. The third-order valence-corrected chi connectivity index (χ3v) is 7.74. The van der Waals surface area contributed by atoms with Crippen LogP contribution in [0.1, 0.15) is 29.3 Å². The summed E-state index contributed by atoms with van der Waals surface area (Å²) in [4.78, 5) is 5.45. The van der Waals surface area contributed by atoms with Crippen LogP contribution >= 0.6 is 11.3 Å². The monoisotopic (exact) mass is 393 g/mol. The van der Waals surface area contributed by atoms with Gasteiger partial charge < -0.3 is 4.90 Å². The predicted molar refractivity (Wildman–Crippen MR) is 109 cm³/mol. The highest BCUT2D eigenvalue weighted by molar-refractivity contribution is 7.91. The molecule has 0 spiro atoms. The molecule has 7 heteroatoms. The van der Waals surface area contributed by atoms with Crippen molar-refractivity contribution in [3.8, 4) is 0 Å². The summed E-state index contributed by atoms with van der Waals surface area (Å²) in [5, 5.41) is 0. The number of thiophene rings is 1. The third kappa shape index (κ3) is 4.46. The Morgan fingerprint density at radius 3 is 2.31 bits per heavy atom. The van der Waals surface area contributed by atoms with Crippen molar-refractivity contribution in [2.45, 2.75) is 30.0 Å². The predicted octanol–water partition coefficient (Wildman–Crippen LogP) is 3.24. The summed E-state index contributed by atoms with van der Waals surface area (Å²) >= 11 is 1.31. The zero-order chi connectivity index (χ0) is 18.7. The lowest BCUT2D eigenvalue weighted by Crippen LogP contribution is -2.36. The Morgan fingerprint density at radius 1 is 1.12 bits per heavy atom. The highest BCUT2D eigenvalue weighted by Gasteiger charge is 2.26. The summed E-state index contributed by atoms with van der Waals surface area (Å²) in [6, 6.07) is 12.0. The van der Waals surface area contributed by atoms with Gasteiger partial charge in [-0.15, -0.1) is 11.3 Å². The van der Waals surface area contributed by atoms with E-state index in [1.54, 1.807) is 6.07 Å². The molecule has 0 saturated carbocycles. The number of rotatable bonds is 7. The first-order chi connectivity index (χ1) is 12.4. The zero-order valence-electron chi connectivity index (χ0n) is 15.6. The molecule has 3 rings (SSSR count). The number of hydrogen-bond acceptors (Lipinski definition) is 5. The number of nitrogens with one attached hydrogen (secondary N) is 1. The summed E-state index contributed by atoms with van der Waals surface area (Å²) < 4.78 is 28.4. The maximum atomic E-state index is 12.6. The van der Waals surface area contributed by atoms with E-state index < -0.39 is 10.0 Å². The van der Waals surface area contributed by atoms with E-state index in [9.17, 15) is 8.42 Å². The molecule has 0 amide bonds. The Hall–Kier alpha value is -1.41. The molecule has 1 saturated heterocycles. The molecule has 2 heterocycles. The van der Waals surface area contributed by atoms with Crippen LogP contribution in [0.3, 0.4) is 0 Å². The first-order valence-corrected chi connectivity index (χ1v) is 11.2. The molecule has 0 radical (unpaired) electrons. The Morgan fingerprint density at radius 2 is 1.77 bits per heavy atom. The standard InChI is InChI=1S/C19H27N3O2S2/c1-15-6-11-19(25-15)26(23,24)20-14-18(22-12-4-5-13-22)16-7-9-17(10-8-16)21(2)3/h6-11,18,20H,4-5,12-14H2,1-3H3/t18-/m0/s1. The number of hydrogen-bond donors (Lipinski definition) is 1. The molecule has 0 unspecified atom stereocenters. The average Bonchev–Trinajstić information content (AvgIpc) is 3.27. The van der Waals surface area contributed by atoms with Crippen LogP contribution in [0.15, 0.2) is 40.6 Å². The summed E-state index contributed by atoms with van der Waals surface area (Å²) in [6.07, 6.45) is 2.34. The van der Waals surface area contributed by atoms with Crippen molar-refractivity contribution >= 4 is 27.0 Å². The fourth-order valence-electron chi connectivity index (χ4n) is 3.32. The molecule has 0 aliphatic carbocycles. The SMILES string of the molecule is Cc1ccc(S(=O)(=O)NC[C@@H](c2ccc(N(C)C)cc2)N2CCCC2)s1. The van der Waals surface area contributed by atoms with Gasteiger partial charge in [0.15, 0.2) is 0 Å². The van der Waals surface area contributed by atoms with Gasteiger partial charge in [-0.2, -0.15) is 0 Å². The average molecular weight is 394 g/mol. The second kappa shape index (κ2) is 8.08. The maximum absolute atomic E-state index is 12.6. The second-order valence-corrected chi connectivity index (χ2v) is 10.2. The zero-order valence-corrected chi connectivity index (χ0v) is 17.2.